The van der Waals surface area contributed by atoms with E-state index in [2.05, 4.69) is 276 Å². The van der Waals surface area contributed by atoms with Crippen molar-refractivity contribution in [2.24, 2.45) is 0 Å². The van der Waals surface area contributed by atoms with Crippen LogP contribution >= 0.6 is 0 Å². The lowest BCUT2D eigenvalue weighted by atomic mass is 9.67. The van der Waals surface area contributed by atoms with Crippen molar-refractivity contribution in [3.63, 3.8) is 0 Å². The number of anilines is 3. The van der Waals surface area contributed by atoms with E-state index in [-0.39, 0.29) is 0 Å². The van der Waals surface area contributed by atoms with Gasteiger partial charge in [0.25, 0.3) is 0 Å². The van der Waals surface area contributed by atoms with E-state index >= 15 is 0 Å². The standard InChI is InChI=1S/C65H44N2/c1-4-18-45(19-5-1)46-34-37-52(38-35-46)66(62-33-17-21-47-20-10-11-28-55(47)62)53-27-16-22-48(42-53)49-36-40-59-58-30-13-15-32-63(58)67(64(59)43-49)54-39-41-57-56-29-12-14-31-60(56)65(61(57)44-54,50-23-6-2-7-24-50)51-25-8-3-9-26-51/h1-44H. The predicted octanol–water partition coefficient (Wildman–Crippen LogP) is 17.1. The van der Waals surface area contributed by atoms with Crippen molar-refractivity contribution in [2.75, 3.05) is 4.90 Å². The molecule has 1 aliphatic rings. The molecule has 0 saturated carbocycles. The number of aromatic nitrogens is 1. The van der Waals surface area contributed by atoms with Crippen molar-refractivity contribution in [1.82, 2.24) is 4.57 Å². The van der Waals surface area contributed by atoms with Crippen LogP contribution in [0.5, 0.6) is 0 Å². The van der Waals surface area contributed by atoms with Crippen molar-refractivity contribution < 1.29 is 0 Å². The molecule has 1 aromatic heterocycles. The minimum absolute atomic E-state index is 0.493. The van der Waals surface area contributed by atoms with Gasteiger partial charge in [-0.05, 0) is 116 Å². The third-order valence-corrected chi connectivity index (χ3v) is 14.1. The quantitative estimate of drug-likeness (QED) is 0.148. The third-order valence-electron chi connectivity index (χ3n) is 14.1. The molecule has 2 heteroatoms. The predicted molar refractivity (Wildman–Crippen MR) is 281 cm³/mol. The van der Waals surface area contributed by atoms with Gasteiger partial charge in [-0.1, -0.05) is 212 Å². The van der Waals surface area contributed by atoms with Crippen molar-refractivity contribution in [2.45, 2.75) is 5.41 Å². The largest absolute Gasteiger partial charge is 0.310 e. The van der Waals surface area contributed by atoms with E-state index in [1.54, 1.807) is 0 Å². The summed E-state index contributed by atoms with van der Waals surface area (Å²) < 4.78 is 2.48. The second kappa shape index (κ2) is 15.8. The van der Waals surface area contributed by atoms with E-state index in [0.29, 0.717) is 0 Å². The first-order valence-corrected chi connectivity index (χ1v) is 23.2. The van der Waals surface area contributed by atoms with Crippen molar-refractivity contribution in [1.29, 1.82) is 0 Å². The van der Waals surface area contributed by atoms with Crippen molar-refractivity contribution in [3.8, 4) is 39.1 Å². The lowest BCUT2D eigenvalue weighted by Crippen LogP contribution is -2.28. The summed E-state index contributed by atoms with van der Waals surface area (Å²) in [5.41, 5.74) is 18.7. The second-order valence-electron chi connectivity index (χ2n) is 17.6. The van der Waals surface area contributed by atoms with Gasteiger partial charge in [0, 0.05) is 33.2 Å². The summed E-state index contributed by atoms with van der Waals surface area (Å²) in [7, 11) is 0. The van der Waals surface area contributed by atoms with E-state index in [0.717, 1.165) is 33.9 Å². The molecule has 0 fully saturated rings. The molecule has 0 bridgehead atoms. The molecule has 0 atom stereocenters. The van der Waals surface area contributed by atoms with Crippen LogP contribution < -0.4 is 4.90 Å². The summed E-state index contributed by atoms with van der Waals surface area (Å²) in [6.45, 7) is 0. The van der Waals surface area contributed by atoms with Gasteiger partial charge >= 0.3 is 0 Å². The van der Waals surface area contributed by atoms with Crippen LogP contribution in [-0.2, 0) is 5.41 Å². The summed E-state index contributed by atoms with van der Waals surface area (Å²) in [5, 5.41) is 4.88. The zero-order chi connectivity index (χ0) is 44.3. The van der Waals surface area contributed by atoms with Crippen molar-refractivity contribution in [3.05, 3.63) is 289 Å². The highest BCUT2D eigenvalue weighted by molar-refractivity contribution is 6.10. The number of rotatable bonds is 8. The molecule has 0 unspecified atom stereocenters. The third kappa shape index (κ3) is 6.18. The number of nitrogens with zero attached hydrogens (tertiary/aromatic N) is 2. The van der Waals surface area contributed by atoms with E-state index in [1.165, 1.54) is 77.1 Å². The summed E-state index contributed by atoms with van der Waals surface area (Å²) in [5.74, 6) is 0. The molecule has 11 aromatic carbocycles. The highest BCUT2D eigenvalue weighted by Gasteiger charge is 2.46. The van der Waals surface area contributed by atoms with Gasteiger partial charge < -0.3 is 9.47 Å². The Morgan fingerprint density at radius 1 is 0.313 bits per heavy atom. The minimum atomic E-state index is -0.493. The molecule has 1 aliphatic carbocycles. The average molecular weight is 853 g/mol. The van der Waals surface area contributed by atoms with Crippen LogP contribution in [0, 0.1) is 0 Å². The van der Waals surface area contributed by atoms with Crippen LogP contribution in [0.15, 0.2) is 267 Å². The Morgan fingerprint density at radius 2 is 0.881 bits per heavy atom. The molecule has 2 nitrogen and oxygen atoms in total. The maximum absolute atomic E-state index is 2.48. The van der Waals surface area contributed by atoms with Gasteiger partial charge in [-0.3, -0.25) is 0 Å². The fraction of sp³-hybridized carbons (Fsp3) is 0.0154. The molecule has 0 spiro atoms. The number of hydrogen-bond acceptors (Lipinski definition) is 1. The van der Waals surface area contributed by atoms with E-state index in [4.69, 9.17) is 0 Å². The molecule has 67 heavy (non-hydrogen) atoms. The maximum atomic E-state index is 2.48. The molecule has 13 rings (SSSR count). The second-order valence-corrected chi connectivity index (χ2v) is 17.6. The molecule has 314 valence electrons. The smallest absolute Gasteiger partial charge is 0.0714 e. The molecule has 0 aliphatic heterocycles. The number of hydrogen-bond donors (Lipinski definition) is 0. The fourth-order valence-corrected chi connectivity index (χ4v) is 11.1. The Kier molecular flexibility index (Phi) is 9.11. The highest BCUT2D eigenvalue weighted by Crippen LogP contribution is 2.56. The van der Waals surface area contributed by atoms with Gasteiger partial charge in [-0.2, -0.15) is 0 Å². The Morgan fingerprint density at radius 3 is 1.67 bits per heavy atom. The van der Waals surface area contributed by atoms with E-state index < -0.39 is 5.41 Å². The number of benzene rings is 11. The van der Waals surface area contributed by atoms with Crippen LogP contribution in [0.1, 0.15) is 22.3 Å². The van der Waals surface area contributed by atoms with E-state index in [1.807, 2.05) is 0 Å². The molecule has 0 amide bonds. The summed E-state index contributed by atoms with van der Waals surface area (Å²) >= 11 is 0. The van der Waals surface area contributed by atoms with Crippen LogP contribution in [0.2, 0.25) is 0 Å². The zero-order valence-electron chi connectivity index (χ0n) is 36.8. The topological polar surface area (TPSA) is 8.17 Å². The molecule has 0 N–H and O–H groups in total. The lowest BCUT2D eigenvalue weighted by Gasteiger charge is -2.34. The first kappa shape index (κ1) is 38.7. The molecule has 1 heterocycles. The zero-order valence-corrected chi connectivity index (χ0v) is 36.8. The van der Waals surface area contributed by atoms with Crippen LogP contribution in [0.4, 0.5) is 17.1 Å². The molecular weight excluding hydrogens is 809 g/mol. The maximum Gasteiger partial charge on any atom is 0.0714 e. The molecule has 12 aromatic rings. The lowest BCUT2D eigenvalue weighted by molar-refractivity contribution is 0.767. The van der Waals surface area contributed by atoms with Gasteiger partial charge in [0.15, 0.2) is 0 Å². The van der Waals surface area contributed by atoms with Crippen molar-refractivity contribution >= 4 is 49.6 Å². The first-order chi connectivity index (χ1) is 33.2. The van der Waals surface area contributed by atoms with Gasteiger partial charge in [0.2, 0.25) is 0 Å². The van der Waals surface area contributed by atoms with Crippen LogP contribution in [0.3, 0.4) is 0 Å². The SMILES string of the molecule is c1ccc(-c2ccc(N(c3cccc(-c4ccc5c6ccccc6n(-c6ccc7c(c6)C(c6ccccc6)(c6ccccc6)c6ccccc6-7)c5c4)c3)c3cccc4ccccc34)cc2)cc1. The van der Waals surface area contributed by atoms with Gasteiger partial charge in [-0.15, -0.1) is 0 Å². The Labute approximate surface area is 390 Å². The highest BCUT2D eigenvalue weighted by atomic mass is 15.1. The summed E-state index contributed by atoms with van der Waals surface area (Å²) in [6, 6.07) is 98.1. The van der Waals surface area contributed by atoms with Crippen LogP contribution in [0.25, 0.3) is 71.6 Å². The first-order valence-electron chi connectivity index (χ1n) is 23.2. The minimum Gasteiger partial charge on any atom is -0.310 e. The molecule has 0 radical (unpaired) electrons. The monoisotopic (exact) mass is 852 g/mol. The Balaban J connectivity index is 0.986. The Hall–Kier alpha value is -8.72. The number of para-hydroxylation sites is 1. The average Bonchev–Trinajstić information content (AvgIpc) is 3.90. The number of fused-ring (bicyclic) bond motifs is 7. The van der Waals surface area contributed by atoms with Gasteiger partial charge in [0.05, 0.1) is 22.1 Å². The molecular formula is C65H44N2. The summed E-state index contributed by atoms with van der Waals surface area (Å²) in [4.78, 5) is 2.41. The van der Waals surface area contributed by atoms with Crippen LogP contribution in [-0.4, -0.2) is 4.57 Å². The normalized spacial score (nSPS) is 12.6. The Bertz CT molecular complexity index is 3750. The fourth-order valence-electron chi connectivity index (χ4n) is 11.1. The van der Waals surface area contributed by atoms with Gasteiger partial charge in [-0.25, -0.2) is 0 Å². The van der Waals surface area contributed by atoms with E-state index in [9.17, 15) is 0 Å². The summed E-state index contributed by atoms with van der Waals surface area (Å²) in [6.07, 6.45) is 0. The molecule has 0 saturated heterocycles. The van der Waals surface area contributed by atoms with Gasteiger partial charge in [0.1, 0.15) is 0 Å².